The number of aromatic nitrogens is 1. The highest BCUT2D eigenvalue weighted by atomic mass is 32.1. The number of phenols is 1. The summed E-state index contributed by atoms with van der Waals surface area (Å²) in [5.74, 6) is 0.544. The number of nitrogens with zero attached hydrogens (tertiary/aromatic N) is 2. The standard InChI is InChI=1S/C34H34N2O6S/c1-4-6-18-41-26-15-13-25(14-16-26)31-30(33(39)42-21-23-10-8-7-9-11-23)22(3)35-34-36(31)32(38)29(43-34)20-24-12-17-27(37)28(19-24)40-5-2/h7-17,19-20,31,37H,4-6,18,21H2,1-3H3/b29-20-. The molecular weight excluding hydrogens is 564 g/mol. The zero-order valence-electron chi connectivity index (χ0n) is 24.4. The van der Waals surface area contributed by atoms with Gasteiger partial charge in [0.15, 0.2) is 16.3 Å². The molecular formula is C34H34N2O6S. The van der Waals surface area contributed by atoms with Gasteiger partial charge in [-0.15, -0.1) is 0 Å². The van der Waals surface area contributed by atoms with E-state index in [0.29, 0.717) is 45.1 Å². The molecule has 4 aromatic rings. The minimum Gasteiger partial charge on any atom is -0.504 e. The van der Waals surface area contributed by atoms with Gasteiger partial charge in [0.1, 0.15) is 12.4 Å². The normalized spacial score (nSPS) is 14.7. The minimum atomic E-state index is -0.745. The molecule has 0 spiro atoms. The molecule has 8 nitrogen and oxygen atoms in total. The van der Waals surface area contributed by atoms with Crippen LogP contribution in [0.2, 0.25) is 0 Å². The summed E-state index contributed by atoms with van der Waals surface area (Å²) in [5.41, 5.74) is 2.79. The Labute approximate surface area is 253 Å². The van der Waals surface area contributed by atoms with Crippen molar-refractivity contribution in [3.05, 3.63) is 120 Å². The quantitative estimate of drug-likeness (QED) is 0.187. The van der Waals surface area contributed by atoms with Gasteiger partial charge in [0.25, 0.3) is 5.56 Å². The summed E-state index contributed by atoms with van der Waals surface area (Å²) in [7, 11) is 0. The molecule has 1 atom stereocenters. The molecule has 1 aliphatic rings. The van der Waals surface area contributed by atoms with Crippen molar-refractivity contribution < 1.29 is 24.1 Å². The van der Waals surface area contributed by atoms with Crippen LogP contribution in [-0.2, 0) is 16.1 Å². The maximum Gasteiger partial charge on any atom is 0.338 e. The van der Waals surface area contributed by atoms with E-state index in [1.54, 1.807) is 29.7 Å². The Bertz CT molecular complexity index is 1810. The first kappa shape index (κ1) is 29.8. The molecule has 2 heterocycles. The molecule has 3 aromatic carbocycles. The highest BCUT2D eigenvalue weighted by molar-refractivity contribution is 7.07. The summed E-state index contributed by atoms with van der Waals surface area (Å²) in [6.07, 6.45) is 3.72. The number of carbonyl (C=O) groups is 1. The number of benzene rings is 3. The topological polar surface area (TPSA) is 99.4 Å². The summed E-state index contributed by atoms with van der Waals surface area (Å²) in [4.78, 5) is 32.8. The van der Waals surface area contributed by atoms with Crippen molar-refractivity contribution in [3.8, 4) is 17.2 Å². The fraction of sp³-hybridized carbons (Fsp3) is 0.265. The second-order valence-corrected chi connectivity index (χ2v) is 11.1. The summed E-state index contributed by atoms with van der Waals surface area (Å²) in [6.45, 7) is 6.81. The zero-order valence-corrected chi connectivity index (χ0v) is 25.2. The van der Waals surface area contributed by atoms with Crippen LogP contribution in [-0.4, -0.2) is 28.9 Å². The maximum atomic E-state index is 14.0. The summed E-state index contributed by atoms with van der Waals surface area (Å²) < 4.78 is 19.1. The monoisotopic (exact) mass is 598 g/mol. The summed E-state index contributed by atoms with van der Waals surface area (Å²) in [6, 6.07) is 21.1. The van der Waals surface area contributed by atoms with Gasteiger partial charge in [0.2, 0.25) is 0 Å². The van der Waals surface area contributed by atoms with Crippen LogP contribution in [0.1, 0.15) is 56.3 Å². The first-order valence-electron chi connectivity index (χ1n) is 14.3. The lowest BCUT2D eigenvalue weighted by atomic mass is 9.96. The predicted octanol–water partition coefficient (Wildman–Crippen LogP) is 5.26. The number of thiazole rings is 1. The Morgan fingerprint density at radius 1 is 1.05 bits per heavy atom. The Kier molecular flexibility index (Phi) is 9.41. The van der Waals surface area contributed by atoms with Crippen LogP contribution in [0.15, 0.2) is 93.9 Å². The van der Waals surface area contributed by atoms with Gasteiger partial charge in [0, 0.05) is 0 Å². The van der Waals surface area contributed by atoms with E-state index in [9.17, 15) is 14.7 Å². The lowest BCUT2D eigenvalue weighted by molar-refractivity contribution is -0.140. The average Bonchev–Trinajstić information content (AvgIpc) is 3.31. The summed E-state index contributed by atoms with van der Waals surface area (Å²) >= 11 is 1.24. The molecule has 0 saturated heterocycles. The predicted molar refractivity (Wildman–Crippen MR) is 166 cm³/mol. The third kappa shape index (κ3) is 6.73. The van der Waals surface area contributed by atoms with E-state index in [1.165, 1.54) is 17.4 Å². The van der Waals surface area contributed by atoms with Gasteiger partial charge < -0.3 is 19.3 Å². The van der Waals surface area contributed by atoms with Gasteiger partial charge in [-0.25, -0.2) is 9.79 Å². The number of ether oxygens (including phenoxy) is 3. The molecule has 1 N–H and O–H groups in total. The van der Waals surface area contributed by atoms with Crippen LogP contribution < -0.4 is 24.4 Å². The van der Waals surface area contributed by atoms with Gasteiger partial charge in [-0.05, 0) is 67.3 Å². The molecule has 0 amide bonds. The van der Waals surface area contributed by atoms with E-state index in [0.717, 1.165) is 29.7 Å². The molecule has 0 saturated carbocycles. The number of hydrogen-bond acceptors (Lipinski definition) is 8. The SMILES string of the molecule is CCCCOc1ccc(C2C(C(=O)OCc3ccccc3)=C(C)N=c3s/c(=C\c4ccc(O)c(OCC)c4)c(=O)n32)cc1. The number of esters is 1. The van der Waals surface area contributed by atoms with Crippen LogP contribution >= 0.6 is 11.3 Å². The lowest BCUT2D eigenvalue weighted by Crippen LogP contribution is -2.39. The first-order chi connectivity index (χ1) is 20.9. The molecule has 1 unspecified atom stereocenters. The Hall–Kier alpha value is -4.63. The van der Waals surface area contributed by atoms with Crippen molar-refractivity contribution in [1.82, 2.24) is 4.57 Å². The number of carbonyl (C=O) groups excluding carboxylic acids is 1. The van der Waals surface area contributed by atoms with E-state index in [-0.39, 0.29) is 17.9 Å². The van der Waals surface area contributed by atoms with Crippen LogP contribution in [0.3, 0.4) is 0 Å². The molecule has 43 heavy (non-hydrogen) atoms. The lowest BCUT2D eigenvalue weighted by Gasteiger charge is -2.25. The molecule has 0 fully saturated rings. The number of fused-ring (bicyclic) bond motifs is 1. The fourth-order valence-electron chi connectivity index (χ4n) is 4.82. The largest absolute Gasteiger partial charge is 0.504 e. The van der Waals surface area contributed by atoms with Crippen molar-refractivity contribution in [2.75, 3.05) is 13.2 Å². The van der Waals surface area contributed by atoms with E-state index in [1.807, 2.05) is 61.5 Å². The Morgan fingerprint density at radius 3 is 2.53 bits per heavy atom. The van der Waals surface area contributed by atoms with Gasteiger partial charge in [-0.3, -0.25) is 9.36 Å². The third-order valence-electron chi connectivity index (χ3n) is 7.00. The van der Waals surface area contributed by atoms with Crippen molar-refractivity contribution in [1.29, 1.82) is 0 Å². The van der Waals surface area contributed by atoms with Crippen molar-refractivity contribution in [2.45, 2.75) is 46.3 Å². The second kappa shape index (κ2) is 13.6. The van der Waals surface area contributed by atoms with Crippen molar-refractivity contribution in [3.63, 3.8) is 0 Å². The van der Waals surface area contributed by atoms with Crippen molar-refractivity contribution in [2.24, 2.45) is 4.99 Å². The molecule has 0 aliphatic carbocycles. The Morgan fingerprint density at radius 2 is 1.81 bits per heavy atom. The highest BCUT2D eigenvalue weighted by Crippen LogP contribution is 2.32. The molecule has 5 rings (SSSR count). The molecule has 0 bridgehead atoms. The van der Waals surface area contributed by atoms with Gasteiger partial charge in [0.05, 0.1) is 35.1 Å². The summed E-state index contributed by atoms with van der Waals surface area (Å²) in [5, 5.41) is 10.1. The molecule has 1 aliphatic heterocycles. The molecule has 9 heteroatoms. The highest BCUT2D eigenvalue weighted by Gasteiger charge is 2.33. The molecule has 1 aromatic heterocycles. The Balaban J connectivity index is 1.57. The fourth-order valence-corrected chi connectivity index (χ4v) is 5.87. The molecule has 222 valence electrons. The van der Waals surface area contributed by atoms with E-state index < -0.39 is 12.0 Å². The number of unbranched alkanes of at least 4 members (excludes halogenated alkanes) is 1. The second-order valence-electron chi connectivity index (χ2n) is 10.1. The van der Waals surface area contributed by atoms with Crippen LogP contribution in [0.5, 0.6) is 17.2 Å². The van der Waals surface area contributed by atoms with Gasteiger partial charge in [-0.2, -0.15) is 0 Å². The van der Waals surface area contributed by atoms with Crippen LogP contribution in [0, 0.1) is 0 Å². The molecule has 0 radical (unpaired) electrons. The zero-order chi connectivity index (χ0) is 30.3. The van der Waals surface area contributed by atoms with E-state index >= 15 is 0 Å². The number of rotatable bonds is 11. The number of hydrogen-bond donors (Lipinski definition) is 1. The third-order valence-corrected chi connectivity index (χ3v) is 7.98. The van der Waals surface area contributed by atoms with Gasteiger partial charge in [-0.1, -0.05) is 73.2 Å². The minimum absolute atomic E-state index is 0.0249. The van der Waals surface area contributed by atoms with E-state index in [4.69, 9.17) is 14.2 Å². The number of phenolic OH excluding ortho intramolecular Hbond substituents is 1. The number of allylic oxidation sites excluding steroid dienone is 1. The average molecular weight is 599 g/mol. The number of aromatic hydroxyl groups is 1. The van der Waals surface area contributed by atoms with Crippen LogP contribution in [0.4, 0.5) is 0 Å². The first-order valence-corrected chi connectivity index (χ1v) is 15.1. The van der Waals surface area contributed by atoms with Crippen LogP contribution in [0.25, 0.3) is 6.08 Å². The smallest absolute Gasteiger partial charge is 0.338 e. The van der Waals surface area contributed by atoms with Crippen molar-refractivity contribution >= 4 is 23.4 Å². The van der Waals surface area contributed by atoms with E-state index in [2.05, 4.69) is 11.9 Å². The van der Waals surface area contributed by atoms with Gasteiger partial charge >= 0.3 is 5.97 Å². The maximum absolute atomic E-state index is 14.0.